The number of aromatic nitrogens is 3. The second kappa shape index (κ2) is 7.21. The Morgan fingerprint density at radius 2 is 2.00 bits per heavy atom. The van der Waals surface area contributed by atoms with Crippen LogP contribution < -0.4 is 10.5 Å². The van der Waals surface area contributed by atoms with Crippen molar-refractivity contribution in [2.24, 2.45) is 0 Å². The summed E-state index contributed by atoms with van der Waals surface area (Å²) in [5.74, 6) is 0.635. The summed E-state index contributed by atoms with van der Waals surface area (Å²) in [4.78, 5) is 25.2. The van der Waals surface area contributed by atoms with E-state index in [1.54, 1.807) is 37.6 Å². The molecule has 3 aromatic rings. The molecule has 0 bridgehead atoms. The van der Waals surface area contributed by atoms with Gasteiger partial charge in [-0.1, -0.05) is 0 Å². The molecule has 0 fully saturated rings. The van der Waals surface area contributed by atoms with Crippen molar-refractivity contribution in [2.45, 2.75) is 12.8 Å². The van der Waals surface area contributed by atoms with Gasteiger partial charge in [0.1, 0.15) is 33.8 Å². The lowest BCUT2D eigenvalue weighted by atomic mass is 10.1. The van der Waals surface area contributed by atoms with Gasteiger partial charge in [0.25, 0.3) is 0 Å². The molecule has 8 heteroatoms. The third-order valence-electron chi connectivity index (χ3n) is 4.40. The van der Waals surface area contributed by atoms with E-state index in [2.05, 4.69) is 21.0 Å². The van der Waals surface area contributed by atoms with E-state index in [0.29, 0.717) is 52.1 Å². The Labute approximate surface area is 165 Å². The molecule has 0 radical (unpaired) electrons. The summed E-state index contributed by atoms with van der Waals surface area (Å²) in [5.41, 5.74) is 9.52. The van der Waals surface area contributed by atoms with Crippen LogP contribution in [0.4, 0.5) is 5.69 Å². The predicted octanol–water partition coefficient (Wildman–Crippen LogP) is 3.48. The van der Waals surface area contributed by atoms with Crippen molar-refractivity contribution in [3.05, 3.63) is 47.1 Å². The minimum absolute atomic E-state index is 0.0759. The normalized spacial score (nSPS) is 13.3. The zero-order valence-electron chi connectivity index (χ0n) is 15.0. The molecule has 0 unspecified atom stereocenters. The van der Waals surface area contributed by atoms with Gasteiger partial charge >= 0.3 is 0 Å². The van der Waals surface area contributed by atoms with Crippen LogP contribution in [0.15, 0.2) is 35.9 Å². The highest BCUT2D eigenvalue weighted by atomic mass is 32.1. The summed E-state index contributed by atoms with van der Waals surface area (Å²) in [6, 6.07) is 7.23. The number of nitriles is 1. The quantitative estimate of drug-likeness (QED) is 0.726. The number of anilines is 1. The van der Waals surface area contributed by atoms with Crippen LogP contribution in [0.5, 0.6) is 5.75 Å². The summed E-state index contributed by atoms with van der Waals surface area (Å²) >= 11 is 1.43. The van der Waals surface area contributed by atoms with E-state index < -0.39 is 0 Å². The molecule has 0 amide bonds. The molecular formula is C20H15N5O2S. The smallest absolute Gasteiger partial charge is 0.156 e. The number of ether oxygens (including phenoxy) is 1. The third-order valence-corrected chi connectivity index (χ3v) is 5.19. The van der Waals surface area contributed by atoms with E-state index in [9.17, 15) is 10.1 Å². The second-order valence-electron chi connectivity index (χ2n) is 6.18. The van der Waals surface area contributed by atoms with Crippen molar-refractivity contribution < 1.29 is 9.53 Å². The summed E-state index contributed by atoms with van der Waals surface area (Å²) in [7, 11) is 1.55. The number of nitrogens with two attached hydrogens (primary N) is 1. The summed E-state index contributed by atoms with van der Waals surface area (Å²) in [5, 5.41) is 12.2. The molecule has 3 aromatic heterocycles. The maximum atomic E-state index is 11.6. The molecule has 4 rings (SSSR count). The second-order valence-corrected chi connectivity index (χ2v) is 7.08. The van der Waals surface area contributed by atoms with Gasteiger partial charge in [-0.05, 0) is 24.1 Å². The van der Waals surface area contributed by atoms with Crippen LogP contribution in [0, 0.1) is 11.3 Å². The fourth-order valence-corrected chi connectivity index (χ4v) is 3.63. The highest BCUT2D eigenvalue weighted by Crippen LogP contribution is 2.34. The largest absolute Gasteiger partial charge is 0.497 e. The standard InChI is InChI=1S/C20H15N5O2S/c1-27-13-7-16(11-2-3-12(26)6-11)24-17(8-13)19-14(10-21)15(22)9-18(25-19)20-23-4-5-28-20/h4-9H,2-3H2,1H3,(H2,22,25). The first-order valence-electron chi connectivity index (χ1n) is 8.49. The van der Waals surface area contributed by atoms with Crippen molar-refractivity contribution in [3.63, 3.8) is 0 Å². The van der Waals surface area contributed by atoms with Gasteiger partial charge in [0.15, 0.2) is 5.78 Å². The number of nitrogen functional groups attached to an aromatic ring is 1. The molecule has 2 N–H and O–H groups in total. The number of rotatable bonds is 4. The Kier molecular flexibility index (Phi) is 4.59. The highest BCUT2D eigenvalue weighted by molar-refractivity contribution is 7.13. The highest BCUT2D eigenvalue weighted by Gasteiger charge is 2.20. The fourth-order valence-electron chi connectivity index (χ4n) is 3.03. The number of hydrogen-bond donors (Lipinski definition) is 1. The number of ketones is 1. The molecule has 3 heterocycles. The van der Waals surface area contributed by atoms with Crippen LogP contribution in [0.3, 0.4) is 0 Å². The topological polar surface area (TPSA) is 115 Å². The lowest BCUT2D eigenvalue weighted by Gasteiger charge is -2.12. The first-order chi connectivity index (χ1) is 13.6. The minimum atomic E-state index is 0.0759. The molecule has 0 saturated carbocycles. The van der Waals surface area contributed by atoms with Crippen LogP contribution in [0.2, 0.25) is 0 Å². The number of methoxy groups -OCH3 is 1. The number of pyridine rings is 2. The molecule has 7 nitrogen and oxygen atoms in total. The summed E-state index contributed by atoms with van der Waals surface area (Å²) in [6.45, 7) is 0. The van der Waals surface area contributed by atoms with Crippen LogP contribution >= 0.6 is 11.3 Å². The van der Waals surface area contributed by atoms with E-state index in [0.717, 1.165) is 5.57 Å². The maximum absolute atomic E-state index is 11.6. The first kappa shape index (κ1) is 17.8. The molecule has 0 atom stereocenters. The van der Waals surface area contributed by atoms with Crippen molar-refractivity contribution in [2.75, 3.05) is 12.8 Å². The Morgan fingerprint density at radius 3 is 2.64 bits per heavy atom. The number of thiazole rings is 1. The van der Waals surface area contributed by atoms with Crippen LogP contribution in [-0.4, -0.2) is 27.8 Å². The number of carbonyl (C=O) groups excluding carboxylic acids is 1. The van der Waals surface area contributed by atoms with E-state index in [4.69, 9.17) is 10.5 Å². The molecule has 138 valence electrons. The van der Waals surface area contributed by atoms with Gasteiger partial charge in [0.2, 0.25) is 0 Å². The van der Waals surface area contributed by atoms with E-state index in [1.807, 2.05) is 5.38 Å². The summed E-state index contributed by atoms with van der Waals surface area (Å²) < 4.78 is 5.41. The van der Waals surface area contributed by atoms with Gasteiger partial charge in [-0.3, -0.25) is 4.79 Å². The van der Waals surface area contributed by atoms with E-state index >= 15 is 0 Å². The zero-order chi connectivity index (χ0) is 19.7. The van der Waals surface area contributed by atoms with Crippen molar-refractivity contribution >= 4 is 28.4 Å². The van der Waals surface area contributed by atoms with Gasteiger partial charge < -0.3 is 10.5 Å². The van der Waals surface area contributed by atoms with E-state index in [-0.39, 0.29) is 11.3 Å². The SMILES string of the molecule is COc1cc(C2=CC(=O)CC2)nc(-c2nc(-c3nccs3)cc(N)c2C#N)c1. The van der Waals surface area contributed by atoms with Crippen molar-refractivity contribution in [3.8, 4) is 33.9 Å². The number of hydrogen-bond acceptors (Lipinski definition) is 8. The average Bonchev–Trinajstić information content (AvgIpc) is 3.39. The Hall–Kier alpha value is -3.57. The third kappa shape index (κ3) is 3.23. The van der Waals surface area contributed by atoms with Crippen molar-refractivity contribution in [1.82, 2.24) is 15.0 Å². The van der Waals surface area contributed by atoms with Crippen LogP contribution in [0.25, 0.3) is 27.7 Å². The fraction of sp³-hybridized carbons (Fsp3) is 0.150. The zero-order valence-corrected chi connectivity index (χ0v) is 15.8. The van der Waals surface area contributed by atoms with Gasteiger partial charge in [-0.25, -0.2) is 15.0 Å². The molecule has 0 spiro atoms. The molecule has 0 aromatic carbocycles. The minimum Gasteiger partial charge on any atom is -0.497 e. The van der Waals surface area contributed by atoms with Gasteiger partial charge in [-0.2, -0.15) is 5.26 Å². The average molecular weight is 389 g/mol. The number of nitrogens with zero attached hydrogens (tertiary/aromatic N) is 4. The molecule has 1 aliphatic carbocycles. The first-order valence-corrected chi connectivity index (χ1v) is 9.37. The van der Waals surface area contributed by atoms with E-state index in [1.165, 1.54) is 11.3 Å². The Bertz CT molecular complexity index is 1150. The van der Waals surface area contributed by atoms with Gasteiger partial charge in [0, 0.05) is 30.1 Å². The molecule has 1 aliphatic rings. The summed E-state index contributed by atoms with van der Waals surface area (Å²) in [6.07, 6.45) is 4.38. The molecular weight excluding hydrogens is 374 g/mol. The monoisotopic (exact) mass is 389 g/mol. The molecule has 0 aliphatic heterocycles. The predicted molar refractivity (Wildman–Crippen MR) is 106 cm³/mol. The van der Waals surface area contributed by atoms with Crippen LogP contribution in [0.1, 0.15) is 24.1 Å². The molecule has 28 heavy (non-hydrogen) atoms. The Balaban J connectivity index is 1.92. The van der Waals surface area contributed by atoms with Crippen LogP contribution in [-0.2, 0) is 4.79 Å². The van der Waals surface area contributed by atoms with Crippen molar-refractivity contribution in [1.29, 1.82) is 5.26 Å². The maximum Gasteiger partial charge on any atom is 0.156 e. The van der Waals surface area contributed by atoms with Gasteiger partial charge in [0.05, 0.1) is 24.2 Å². The molecule has 0 saturated heterocycles. The lowest BCUT2D eigenvalue weighted by molar-refractivity contribution is -0.114. The number of allylic oxidation sites excluding steroid dienone is 2. The number of carbonyl (C=O) groups is 1. The lowest BCUT2D eigenvalue weighted by Crippen LogP contribution is -2.02. The Morgan fingerprint density at radius 1 is 1.18 bits per heavy atom. The van der Waals surface area contributed by atoms with Gasteiger partial charge in [-0.15, -0.1) is 11.3 Å².